The largest absolute Gasteiger partial charge is 0.381 e. The van der Waals surface area contributed by atoms with Crippen LogP contribution in [0.2, 0.25) is 0 Å². The van der Waals surface area contributed by atoms with E-state index >= 15 is 0 Å². The number of anilines is 2. The average Bonchev–Trinajstić information content (AvgIpc) is 2.45. The number of nitrogen functional groups attached to an aromatic ring is 1. The minimum absolute atomic E-state index is 0.107. The second-order valence-electron chi connectivity index (χ2n) is 4.32. The molecule has 6 nitrogen and oxygen atoms in total. The lowest BCUT2D eigenvalue weighted by Gasteiger charge is -2.24. The van der Waals surface area contributed by atoms with Gasteiger partial charge in [0.25, 0.3) is 0 Å². The van der Waals surface area contributed by atoms with E-state index in [1.807, 2.05) is 6.92 Å². The van der Waals surface area contributed by atoms with Gasteiger partial charge in [-0.25, -0.2) is 18.4 Å². The van der Waals surface area contributed by atoms with Crippen molar-refractivity contribution in [1.29, 1.82) is 0 Å². The highest BCUT2D eigenvalue weighted by Crippen LogP contribution is 2.27. The van der Waals surface area contributed by atoms with Gasteiger partial charge >= 0.3 is 0 Å². The summed E-state index contributed by atoms with van der Waals surface area (Å²) in [6.07, 6.45) is 3.57. The molecule has 2 heterocycles. The minimum Gasteiger partial charge on any atom is -0.381 e. The number of nitrogens with two attached hydrogens (primary N) is 1. The molecule has 0 aromatic carbocycles. The van der Waals surface area contributed by atoms with Crippen molar-refractivity contribution in [1.82, 2.24) is 9.97 Å². The summed E-state index contributed by atoms with van der Waals surface area (Å²) in [5, 5.41) is 3.06. The summed E-state index contributed by atoms with van der Waals surface area (Å²) in [5.74, 6) is 1.04. The van der Waals surface area contributed by atoms with Crippen LogP contribution in [-0.4, -0.2) is 35.4 Å². The molecule has 0 amide bonds. The maximum absolute atomic E-state index is 11.4. The summed E-state index contributed by atoms with van der Waals surface area (Å²) in [6.45, 7) is 1.85. The summed E-state index contributed by atoms with van der Waals surface area (Å²) in [7, 11) is -2.94. The van der Waals surface area contributed by atoms with Crippen molar-refractivity contribution in [3.63, 3.8) is 0 Å². The Hall–Kier alpha value is -1.37. The standard InChI is InChI=1S/C9H14N4O2S/c1-9(2-5-16(14,15)6-9)13-8-7(10)11-3-4-12-8/h3-4H,2,5-6H2,1H3,(H2,10,11)(H,12,13). The molecular weight excluding hydrogens is 228 g/mol. The van der Waals surface area contributed by atoms with Crippen molar-refractivity contribution < 1.29 is 8.42 Å². The molecule has 0 bridgehead atoms. The number of hydrogen-bond donors (Lipinski definition) is 2. The number of aromatic nitrogens is 2. The fourth-order valence-corrected chi connectivity index (χ4v) is 3.93. The van der Waals surface area contributed by atoms with Crippen molar-refractivity contribution >= 4 is 21.5 Å². The van der Waals surface area contributed by atoms with Crippen molar-refractivity contribution in [3.8, 4) is 0 Å². The first kappa shape index (κ1) is 11.1. The third-order valence-electron chi connectivity index (χ3n) is 2.65. The van der Waals surface area contributed by atoms with Crippen LogP contribution in [-0.2, 0) is 9.84 Å². The van der Waals surface area contributed by atoms with E-state index < -0.39 is 15.4 Å². The van der Waals surface area contributed by atoms with Gasteiger partial charge in [0.15, 0.2) is 21.5 Å². The summed E-state index contributed by atoms with van der Waals surface area (Å²) >= 11 is 0. The quantitative estimate of drug-likeness (QED) is 0.760. The van der Waals surface area contributed by atoms with Gasteiger partial charge in [-0.1, -0.05) is 0 Å². The van der Waals surface area contributed by atoms with Crippen LogP contribution in [0.4, 0.5) is 11.6 Å². The first-order valence-corrected chi connectivity index (χ1v) is 6.77. The number of nitrogens with zero attached hydrogens (tertiary/aromatic N) is 2. The lowest BCUT2D eigenvalue weighted by molar-refractivity contribution is 0.572. The lowest BCUT2D eigenvalue weighted by Crippen LogP contribution is -2.36. The van der Waals surface area contributed by atoms with E-state index in [0.29, 0.717) is 12.2 Å². The first-order valence-electron chi connectivity index (χ1n) is 4.95. The van der Waals surface area contributed by atoms with Crippen molar-refractivity contribution in [2.75, 3.05) is 22.6 Å². The van der Waals surface area contributed by atoms with Crippen LogP contribution in [0.3, 0.4) is 0 Å². The van der Waals surface area contributed by atoms with Crippen molar-refractivity contribution in [2.45, 2.75) is 18.9 Å². The van der Waals surface area contributed by atoms with Gasteiger partial charge < -0.3 is 11.1 Å². The molecule has 3 N–H and O–H groups in total. The second kappa shape index (κ2) is 3.58. The zero-order chi connectivity index (χ0) is 11.8. The molecule has 7 heteroatoms. The van der Waals surface area contributed by atoms with Gasteiger partial charge in [-0.15, -0.1) is 0 Å². The molecule has 1 aromatic rings. The highest BCUT2D eigenvalue weighted by molar-refractivity contribution is 7.91. The van der Waals surface area contributed by atoms with Gasteiger partial charge in [0.1, 0.15) is 0 Å². The summed E-state index contributed by atoms with van der Waals surface area (Å²) in [6, 6.07) is 0. The molecule has 1 saturated heterocycles. The maximum Gasteiger partial charge on any atom is 0.169 e. The van der Waals surface area contributed by atoms with E-state index in [4.69, 9.17) is 5.73 Å². The molecular formula is C9H14N4O2S. The van der Waals surface area contributed by atoms with Crippen LogP contribution in [0, 0.1) is 0 Å². The molecule has 1 aliphatic rings. The van der Waals surface area contributed by atoms with E-state index in [-0.39, 0.29) is 17.3 Å². The highest BCUT2D eigenvalue weighted by atomic mass is 32.2. The number of nitrogens with one attached hydrogen (secondary N) is 1. The molecule has 1 fully saturated rings. The molecule has 1 atom stereocenters. The molecule has 1 aliphatic heterocycles. The van der Waals surface area contributed by atoms with E-state index in [9.17, 15) is 8.42 Å². The molecule has 0 saturated carbocycles. The van der Waals surface area contributed by atoms with Crippen LogP contribution in [0.25, 0.3) is 0 Å². The molecule has 88 valence electrons. The van der Waals surface area contributed by atoms with E-state index in [1.54, 1.807) is 0 Å². The van der Waals surface area contributed by atoms with Crippen LogP contribution in [0.15, 0.2) is 12.4 Å². The predicted molar refractivity (Wildman–Crippen MR) is 61.7 cm³/mol. The van der Waals surface area contributed by atoms with Gasteiger partial charge in [0.2, 0.25) is 0 Å². The molecule has 16 heavy (non-hydrogen) atoms. The monoisotopic (exact) mass is 242 g/mol. The molecule has 1 aromatic heterocycles. The summed E-state index contributed by atoms with van der Waals surface area (Å²) < 4.78 is 22.8. The smallest absolute Gasteiger partial charge is 0.169 e. The lowest BCUT2D eigenvalue weighted by atomic mass is 10.0. The molecule has 0 aliphatic carbocycles. The van der Waals surface area contributed by atoms with Gasteiger partial charge in [-0.3, -0.25) is 0 Å². The predicted octanol–water partition coefficient (Wildman–Crippen LogP) is 0.0479. The van der Waals surface area contributed by atoms with Gasteiger partial charge in [0, 0.05) is 12.4 Å². The van der Waals surface area contributed by atoms with Gasteiger partial charge in [0.05, 0.1) is 17.0 Å². The van der Waals surface area contributed by atoms with Gasteiger partial charge in [-0.05, 0) is 13.3 Å². The van der Waals surface area contributed by atoms with Crippen molar-refractivity contribution in [2.24, 2.45) is 0 Å². The Morgan fingerprint density at radius 2 is 2.12 bits per heavy atom. The van der Waals surface area contributed by atoms with Crippen molar-refractivity contribution in [3.05, 3.63) is 12.4 Å². The SMILES string of the molecule is CC1(Nc2nccnc2N)CCS(=O)(=O)C1. The van der Waals surface area contributed by atoms with Crippen LogP contribution < -0.4 is 11.1 Å². The highest BCUT2D eigenvalue weighted by Gasteiger charge is 2.38. The van der Waals surface area contributed by atoms with E-state index in [1.165, 1.54) is 12.4 Å². The summed E-state index contributed by atoms with van der Waals surface area (Å²) in [5.41, 5.74) is 5.14. The third-order valence-corrected chi connectivity index (χ3v) is 4.55. The Bertz CT molecular complexity index is 502. The van der Waals surface area contributed by atoms with Crippen LogP contribution in [0.1, 0.15) is 13.3 Å². The second-order valence-corrected chi connectivity index (χ2v) is 6.50. The normalized spacial score (nSPS) is 27.8. The van der Waals surface area contributed by atoms with E-state index in [0.717, 1.165) is 0 Å². The van der Waals surface area contributed by atoms with Crippen LogP contribution >= 0.6 is 0 Å². The summed E-state index contributed by atoms with van der Waals surface area (Å²) in [4.78, 5) is 7.93. The fourth-order valence-electron chi connectivity index (χ4n) is 1.84. The Kier molecular flexibility index (Phi) is 2.49. The van der Waals surface area contributed by atoms with Crippen LogP contribution in [0.5, 0.6) is 0 Å². The third kappa shape index (κ3) is 2.24. The van der Waals surface area contributed by atoms with E-state index in [2.05, 4.69) is 15.3 Å². The molecule has 2 rings (SSSR count). The van der Waals surface area contributed by atoms with Gasteiger partial charge in [-0.2, -0.15) is 0 Å². The minimum atomic E-state index is -2.94. The Balaban J connectivity index is 2.20. The molecule has 1 unspecified atom stereocenters. The topological polar surface area (TPSA) is 98.0 Å². The number of hydrogen-bond acceptors (Lipinski definition) is 6. The molecule has 0 spiro atoms. The Morgan fingerprint density at radius 3 is 2.69 bits per heavy atom. The zero-order valence-electron chi connectivity index (χ0n) is 8.97. The Labute approximate surface area is 94.2 Å². The average molecular weight is 242 g/mol. The maximum atomic E-state index is 11.4. The Morgan fingerprint density at radius 1 is 1.44 bits per heavy atom. The fraction of sp³-hybridized carbons (Fsp3) is 0.556. The molecule has 0 radical (unpaired) electrons. The number of sulfone groups is 1. The first-order chi connectivity index (χ1) is 7.40. The zero-order valence-corrected chi connectivity index (χ0v) is 9.79. The number of rotatable bonds is 2.